The van der Waals surface area contributed by atoms with Gasteiger partial charge in [0.15, 0.2) is 6.61 Å². The first-order chi connectivity index (χ1) is 19.4. The molecule has 10 heteroatoms. The Morgan fingerprint density at radius 2 is 1.68 bits per heavy atom. The molecule has 0 saturated carbocycles. The molecule has 1 aliphatic heterocycles. The molecule has 0 unspecified atom stereocenters. The zero-order valence-electron chi connectivity index (χ0n) is 20.9. The van der Waals surface area contributed by atoms with E-state index in [9.17, 15) is 14.4 Å². The topological polar surface area (TPSA) is 84.9 Å². The summed E-state index contributed by atoms with van der Waals surface area (Å²) in [4.78, 5) is 39.5. The monoisotopic (exact) mass is 592 g/mol. The van der Waals surface area contributed by atoms with Gasteiger partial charge in [0.1, 0.15) is 18.1 Å². The maximum Gasteiger partial charge on any atom is 0.293 e. The summed E-state index contributed by atoms with van der Waals surface area (Å²) in [7, 11) is 0. The Bertz CT molecular complexity index is 1640. The van der Waals surface area contributed by atoms with Crippen molar-refractivity contribution >= 4 is 74.6 Å². The zero-order chi connectivity index (χ0) is 28.1. The van der Waals surface area contributed by atoms with Gasteiger partial charge in [0, 0.05) is 16.0 Å². The molecule has 7 nitrogen and oxygen atoms in total. The average Bonchev–Trinajstić information content (AvgIpc) is 3.21. The Morgan fingerprint density at radius 1 is 0.900 bits per heavy atom. The number of benzene rings is 4. The van der Waals surface area contributed by atoms with Crippen LogP contribution >= 0.6 is 35.0 Å². The van der Waals surface area contributed by atoms with Gasteiger partial charge in [-0.3, -0.25) is 19.3 Å². The Balaban J connectivity index is 1.24. The van der Waals surface area contributed by atoms with Crippen LogP contribution in [-0.2, 0) is 9.59 Å². The van der Waals surface area contributed by atoms with Crippen molar-refractivity contribution in [2.24, 2.45) is 0 Å². The average molecular weight is 593 g/mol. The molecule has 0 aromatic heterocycles. The van der Waals surface area contributed by atoms with Crippen molar-refractivity contribution < 1.29 is 23.9 Å². The molecule has 1 aliphatic rings. The molecule has 40 heavy (non-hydrogen) atoms. The van der Waals surface area contributed by atoms with Crippen molar-refractivity contribution in [3.05, 3.63) is 105 Å². The number of rotatable bonds is 9. The smallest absolute Gasteiger partial charge is 0.293 e. The molecule has 1 heterocycles. The maximum atomic E-state index is 13.1. The van der Waals surface area contributed by atoms with E-state index < -0.39 is 17.1 Å². The SMILES string of the molecule is O=C(COc1ccc(Cl)cc1/C=C1\SC(=O)N(CCOc2cccc3ccccc23)C1=O)Nc1ccccc1Cl. The van der Waals surface area contributed by atoms with E-state index in [0.29, 0.717) is 32.8 Å². The summed E-state index contributed by atoms with van der Waals surface area (Å²) in [5.74, 6) is 0.143. The first-order valence-electron chi connectivity index (χ1n) is 12.2. The third-order valence-corrected chi connectivity index (χ3v) is 7.43. The third kappa shape index (κ3) is 6.42. The van der Waals surface area contributed by atoms with Gasteiger partial charge in [-0.1, -0.05) is 71.7 Å². The lowest BCUT2D eigenvalue weighted by Gasteiger charge is -2.14. The Morgan fingerprint density at radius 3 is 2.52 bits per heavy atom. The molecule has 0 atom stereocenters. The third-order valence-electron chi connectivity index (χ3n) is 5.96. The number of carbonyl (C=O) groups is 3. The van der Waals surface area contributed by atoms with Crippen molar-refractivity contribution in [1.82, 2.24) is 4.90 Å². The van der Waals surface area contributed by atoms with Crippen molar-refractivity contribution in [2.75, 3.05) is 25.1 Å². The normalized spacial score (nSPS) is 14.2. The summed E-state index contributed by atoms with van der Waals surface area (Å²) in [6, 6.07) is 25.2. The standard InChI is InChI=1S/C30H22Cl2N2O5S/c31-21-12-13-25(39-18-28(35)33-24-10-4-3-9-23(24)32)20(16-21)17-27-29(36)34(30(37)40-27)14-15-38-26-11-5-7-19-6-1-2-8-22(19)26/h1-13,16-17H,14-15,18H2,(H,33,35)/b27-17-. The van der Waals surface area contributed by atoms with Crippen LogP contribution in [0.3, 0.4) is 0 Å². The molecule has 5 rings (SSSR count). The van der Waals surface area contributed by atoms with Crippen LogP contribution in [0.25, 0.3) is 16.8 Å². The van der Waals surface area contributed by atoms with Gasteiger partial charge in [0.05, 0.1) is 22.2 Å². The summed E-state index contributed by atoms with van der Waals surface area (Å²) >= 11 is 13.1. The molecule has 4 aromatic rings. The Hall–Kier alpha value is -3.98. The fraction of sp³-hybridized carbons (Fsp3) is 0.100. The lowest BCUT2D eigenvalue weighted by Crippen LogP contribution is -2.32. The predicted octanol–water partition coefficient (Wildman–Crippen LogP) is 7.28. The molecular formula is C30H22Cl2N2O5S. The van der Waals surface area contributed by atoms with E-state index in [1.165, 1.54) is 6.08 Å². The van der Waals surface area contributed by atoms with Crippen LogP contribution in [0.5, 0.6) is 11.5 Å². The molecule has 1 fully saturated rings. The fourth-order valence-corrected chi connectivity index (χ4v) is 5.28. The maximum absolute atomic E-state index is 13.1. The molecular weight excluding hydrogens is 571 g/mol. The lowest BCUT2D eigenvalue weighted by molar-refractivity contribution is -0.123. The number of nitrogens with one attached hydrogen (secondary N) is 1. The Kier molecular flexibility index (Phi) is 8.60. The summed E-state index contributed by atoms with van der Waals surface area (Å²) in [5, 5.41) is 5.08. The fourth-order valence-electron chi connectivity index (χ4n) is 4.06. The van der Waals surface area contributed by atoms with Gasteiger partial charge < -0.3 is 14.8 Å². The highest BCUT2D eigenvalue weighted by Gasteiger charge is 2.35. The van der Waals surface area contributed by atoms with Gasteiger partial charge in [-0.05, 0) is 59.6 Å². The minimum absolute atomic E-state index is 0.0896. The molecule has 0 spiro atoms. The van der Waals surface area contributed by atoms with Gasteiger partial charge in [-0.15, -0.1) is 0 Å². The molecule has 1 saturated heterocycles. The van der Waals surface area contributed by atoms with Gasteiger partial charge in [0.25, 0.3) is 17.1 Å². The Labute approximate surface area is 244 Å². The van der Waals surface area contributed by atoms with Crippen LogP contribution in [0.15, 0.2) is 89.8 Å². The number of halogens is 2. The first-order valence-corrected chi connectivity index (χ1v) is 13.8. The van der Waals surface area contributed by atoms with Crippen LogP contribution in [0, 0.1) is 0 Å². The second-order valence-corrected chi connectivity index (χ2v) is 10.5. The van der Waals surface area contributed by atoms with E-state index >= 15 is 0 Å². The first kappa shape index (κ1) is 27.6. The van der Waals surface area contributed by atoms with Crippen LogP contribution in [-0.4, -0.2) is 41.7 Å². The van der Waals surface area contributed by atoms with Crippen molar-refractivity contribution in [1.29, 1.82) is 0 Å². The lowest BCUT2D eigenvalue weighted by atomic mass is 10.1. The number of para-hydroxylation sites is 1. The summed E-state index contributed by atoms with van der Waals surface area (Å²) in [6.45, 7) is -0.0710. The molecule has 0 radical (unpaired) electrons. The zero-order valence-corrected chi connectivity index (χ0v) is 23.3. The van der Waals surface area contributed by atoms with E-state index in [2.05, 4.69) is 5.32 Å². The number of anilines is 1. The largest absolute Gasteiger partial charge is 0.491 e. The van der Waals surface area contributed by atoms with Crippen LogP contribution < -0.4 is 14.8 Å². The second kappa shape index (κ2) is 12.5. The number of carbonyl (C=O) groups excluding carboxylic acids is 3. The highest BCUT2D eigenvalue weighted by molar-refractivity contribution is 8.18. The number of hydrogen-bond acceptors (Lipinski definition) is 6. The van der Waals surface area contributed by atoms with Gasteiger partial charge in [-0.2, -0.15) is 0 Å². The highest BCUT2D eigenvalue weighted by atomic mass is 35.5. The molecule has 0 bridgehead atoms. The van der Waals surface area contributed by atoms with E-state index in [0.717, 1.165) is 27.4 Å². The van der Waals surface area contributed by atoms with E-state index in [1.807, 2.05) is 42.5 Å². The van der Waals surface area contributed by atoms with E-state index in [1.54, 1.807) is 42.5 Å². The number of thioether (sulfide) groups is 1. The van der Waals surface area contributed by atoms with Crippen molar-refractivity contribution in [2.45, 2.75) is 0 Å². The summed E-state index contributed by atoms with van der Waals surface area (Å²) < 4.78 is 11.6. The number of nitrogens with zero attached hydrogens (tertiary/aromatic N) is 1. The van der Waals surface area contributed by atoms with E-state index in [-0.39, 0.29) is 24.7 Å². The number of amides is 3. The second-order valence-electron chi connectivity index (χ2n) is 8.66. The summed E-state index contributed by atoms with van der Waals surface area (Å²) in [5.41, 5.74) is 0.919. The molecule has 202 valence electrons. The van der Waals surface area contributed by atoms with E-state index in [4.69, 9.17) is 32.7 Å². The molecule has 3 amide bonds. The van der Waals surface area contributed by atoms with Crippen LogP contribution in [0.2, 0.25) is 10.0 Å². The van der Waals surface area contributed by atoms with Crippen molar-refractivity contribution in [3.8, 4) is 11.5 Å². The highest BCUT2D eigenvalue weighted by Crippen LogP contribution is 2.35. The molecule has 1 N–H and O–H groups in total. The number of hydrogen-bond donors (Lipinski definition) is 1. The number of ether oxygens (including phenoxy) is 2. The van der Waals surface area contributed by atoms with Crippen molar-refractivity contribution in [3.63, 3.8) is 0 Å². The van der Waals surface area contributed by atoms with Crippen LogP contribution in [0.1, 0.15) is 5.56 Å². The molecule has 0 aliphatic carbocycles. The summed E-state index contributed by atoms with van der Waals surface area (Å²) in [6.07, 6.45) is 1.53. The minimum Gasteiger partial charge on any atom is -0.491 e. The van der Waals surface area contributed by atoms with Crippen LogP contribution in [0.4, 0.5) is 10.5 Å². The number of fused-ring (bicyclic) bond motifs is 1. The quantitative estimate of drug-likeness (QED) is 0.205. The minimum atomic E-state index is -0.445. The van der Waals surface area contributed by atoms with Gasteiger partial charge >= 0.3 is 0 Å². The van der Waals surface area contributed by atoms with Gasteiger partial charge in [-0.25, -0.2) is 0 Å². The predicted molar refractivity (Wildman–Crippen MR) is 159 cm³/mol. The van der Waals surface area contributed by atoms with Gasteiger partial charge in [0.2, 0.25) is 0 Å². The molecule has 4 aromatic carbocycles. The number of imide groups is 1.